The van der Waals surface area contributed by atoms with Crippen LogP contribution in [0.15, 0.2) is 49.1 Å². The molecule has 0 bridgehead atoms. The number of carbonyl (C=O) groups excluding carboxylic acids is 3. The second kappa shape index (κ2) is 14.5. The number of aryl methyl sites for hydroxylation is 1. The predicted octanol–water partition coefficient (Wildman–Crippen LogP) is 4.61. The molecular weight excluding hydrogens is 392 g/mol. The number of esters is 1. The summed E-state index contributed by atoms with van der Waals surface area (Å²) < 4.78 is 4.90. The van der Waals surface area contributed by atoms with E-state index in [2.05, 4.69) is 6.58 Å². The quantitative estimate of drug-likeness (QED) is 0.251. The number of rotatable bonds is 15. The van der Waals surface area contributed by atoms with Crippen molar-refractivity contribution < 1.29 is 24.2 Å². The molecule has 0 amide bonds. The lowest BCUT2D eigenvalue weighted by Gasteiger charge is -2.17. The molecule has 0 spiro atoms. The summed E-state index contributed by atoms with van der Waals surface area (Å²) in [5, 5.41) is 9.08. The van der Waals surface area contributed by atoms with Crippen molar-refractivity contribution in [2.75, 3.05) is 6.61 Å². The van der Waals surface area contributed by atoms with E-state index >= 15 is 0 Å². The lowest BCUT2D eigenvalue weighted by molar-refractivity contribution is -0.136. The summed E-state index contributed by atoms with van der Waals surface area (Å²) in [5.41, 5.74) is 2.02. The van der Waals surface area contributed by atoms with Crippen LogP contribution in [-0.4, -0.2) is 29.2 Å². The van der Waals surface area contributed by atoms with Crippen LogP contribution in [0.5, 0.6) is 0 Å². The minimum absolute atomic E-state index is 0.0296. The fraction of sp³-hybridized carbons (Fsp3) is 0.500. The van der Waals surface area contributed by atoms with Gasteiger partial charge >= 0.3 is 5.97 Å². The Kier molecular flexibility index (Phi) is 12.4. The molecule has 1 aromatic carbocycles. The molecule has 0 radical (unpaired) electrons. The topological polar surface area (TPSA) is 80.7 Å². The van der Waals surface area contributed by atoms with Gasteiger partial charge in [-0.2, -0.15) is 0 Å². The summed E-state index contributed by atoms with van der Waals surface area (Å²) in [6, 6.07) is 7.74. The van der Waals surface area contributed by atoms with E-state index in [-0.39, 0.29) is 42.5 Å². The number of hydrogen-bond acceptors (Lipinski definition) is 5. The highest BCUT2D eigenvalue weighted by molar-refractivity contribution is 5.87. The molecule has 0 heterocycles. The Hall–Kier alpha value is -2.53. The number of carbonyl (C=O) groups is 3. The molecule has 0 aromatic heterocycles. The molecule has 1 N–H and O–H groups in total. The summed E-state index contributed by atoms with van der Waals surface area (Å²) >= 11 is 0. The summed E-state index contributed by atoms with van der Waals surface area (Å²) in [4.78, 5) is 36.7. The minimum atomic E-state index is -0.493. The molecule has 0 saturated heterocycles. The highest BCUT2D eigenvalue weighted by Gasteiger charge is 2.22. The van der Waals surface area contributed by atoms with Crippen LogP contribution < -0.4 is 0 Å². The van der Waals surface area contributed by atoms with Gasteiger partial charge in [-0.25, -0.2) is 4.79 Å². The van der Waals surface area contributed by atoms with Crippen molar-refractivity contribution >= 4 is 17.5 Å². The fourth-order valence-electron chi connectivity index (χ4n) is 3.28. The Morgan fingerprint density at radius 1 is 1.03 bits per heavy atom. The van der Waals surface area contributed by atoms with Gasteiger partial charge in [0.2, 0.25) is 0 Å². The third-order valence-electron chi connectivity index (χ3n) is 5.34. The molecule has 5 heteroatoms. The third-order valence-corrected chi connectivity index (χ3v) is 5.34. The Labute approximate surface area is 186 Å². The van der Waals surface area contributed by atoms with Crippen molar-refractivity contribution in [1.29, 1.82) is 0 Å². The van der Waals surface area contributed by atoms with Crippen LogP contribution in [0.4, 0.5) is 0 Å². The third kappa shape index (κ3) is 10.4. The molecule has 0 aliphatic rings. The molecule has 0 unspecified atom stereocenters. The SMILES string of the molecule is C=CCOC(=O)/C=C/[C@H](C(=O)CC[C@@H](C)C(=O)CCCc1ccc(CO)cc1)C(C)C. The molecule has 1 aromatic rings. The van der Waals surface area contributed by atoms with Crippen LogP contribution in [0.3, 0.4) is 0 Å². The van der Waals surface area contributed by atoms with Gasteiger partial charge in [-0.3, -0.25) is 9.59 Å². The van der Waals surface area contributed by atoms with Gasteiger partial charge in [-0.15, -0.1) is 0 Å². The number of allylic oxidation sites excluding steroid dienone is 1. The van der Waals surface area contributed by atoms with Crippen LogP contribution >= 0.6 is 0 Å². The Bertz CT molecular complexity index is 746. The summed E-state index contributed by atoms with van der Waals surface area (Å²) in [7, 11) is 0. The summed E-state index contributed by atoms with van der Waals surface area (Å²) in [6.45, 7) is 9.40. The predicted molar refractivity (Wildman–Crippen MR) is 122 cm³/mol. The lowest BCUT2D eigenvalue weighted by Crippen LogP contribution is -2.21. The second-order valence-corrected chi connectivity index (χ2v) is 8.25. The van der Waals surface area contributed by atoms with E-state index in [0.717, 1.165) is 24.0 Å². The van der Waals surface area contributed by atoms with E-state index < -0.39 is 5.97 Å². The average Bonchev–Trinajstić information content (AvgIpc) is 2.76. The van der Waals surface area contributed by atoms with E-state index in [1.54, 1.807) is 6.08 Å². The van der Waals surface area contributed by atoms with E-state index in [1.807, 2.05) is 45.0 Å². The van der Waals surface area contributed by atoms with Crippen LogP contribution in [0, 0.1) is 17.8 Å². The molecule has 0 fully saturated rings. The van der Waals surface area contributed by atoms with Crippen LogP contribution in [0.25, 0.3) is 0 Å². The molecule has 1 rings (SSSR count). The van der Waals surface area contributed by atoms with Gasteiger partial charge in [0.25, 0.3) is 0 Å². The second-order valence-electron chi connectivity index (χ2n) is 8.25. The van der Waals surface area contributed by atoms with Gasteiger partial charge < -0.3 is 9.84 Å². The number of aliphatic hydroxyl groups excluding tert-OH is 1. The first-order chi connectivity index (χ1) is 14.8. The van der Waals surface area contributed by atoms with Crippen molar-refractivity contribution in [1.82, 2.24) is 0 Å². The fourth-order valence-corrected chi connectivity index (χ4v) is 3.28. The van der Waals surface area contributed by atoms with Crippen molar-refractivity contribution in [2.24, 2.45) is 17.8 Å². The standard InChI is InChI=1S/C26H36O5/c1-5-17-31-26(30)16-14-23(19(2)3)25(29)15-9-20(4)24(28)8-6-7-21-10-12-22(18-27)13-11-21/h5,10-14,16,19-20,23,27H,1,6-9,15,17-18H2,2-4H3/b16-14+/t20-,23+/m1/s1. The maximum absolute atomic E-state index is 12.6. The number of ether oxygens (including phenoxy) is 1. The van der Waals surface area contributed by atoms with Crippen molar-refractivity contribution in [3.8, 4) is 0 Å². The van der Waals surface area contributed by atoms with E-state index in [4.69, 9.17) is 9.84 Å². The number of benzene rings is 1. The average molecular weight is 429 g/mol. The first-order valence-electron chi connectivity index (χ1n) is 11.0. The molecular formula is C26H36O5. The van der Waals surface area contributed by atoms with Crippen molar-refractivity contribution in [2.45, 2.75) is 59.5 Å². The van der Waals surface area contributed by atoms with Crippen LogP contribution in [0.2, 0.25) is 0 Å². The molecule has 170 valence electrons. The van der Waals surface area contributed by atoms with Gasteiger partial charge in [0.15, 0.2) is 0 Å². The maximum atomic E-state index is 12.6. The Morgan fingerprint density at radius 3 is 2.26 bits per heavy atom. The van der Waals surface area contributed by atoms with Gasteiger partial charge in [-0.05, 0) is 36.3 Å². The molecule has 5 nitrogen and oxygen atoms in total. The van der Waals surface area contributed by atoms with Gasteiger partial charge in [0, 0.05) is 30.8 Å². The zero-order valence-electron chi connectivity index (χ0n) is 19.0. The van der Waals surface area contributed by atoms with Gasteiger partial charge in [0.05, 0.1) is 6.61 Å². The van der Waals surface area contributed by atoms with Gasteiger partial charge in [0.1, 0.15) is 18.2 Å². The van der Waals surface area contributed by atoms with E-state index in [9.17, 15) is 14.4 Å². The lowest BCUT2D eigenvalue weighted by atomic mass is 9.86. The highest BCUT2D eigenvalue weighted by Crippen LogP contribution is 2.20. The highest BCUT2D eigenvalue weighted by atomic mass is 16.5. The number of aliphatic hydroxyl groups is 1. The van der Waals surface area contributed by atoms with Gasteiger partial charge in [-0.1, -0.05) is 63.8 Å². The summed E-state index contributed by atoms with van der Waals surface area (Å²) in [6.07, 6.45) is 7.28. The molecule has 31 heavy (non-hydrogen) atoms. The summed E-state index contributed by atoms with van der Waals surface area (Å²) in [5.74, 6) is -0.779. The molecule has 0 aliphatic heterocycles. The minimum Gasteiger partial charge on any atom is -0.458 e. The largest absolute Gasteiger partial charge is 0.458 e. The first-order valence-corrected chi connectivity index (χ1v) is 11.0. The first kappa shape index (κ1) is 26.5. The van der Waals surface area contributed by atoms with E-state index in [1.165, 1.54) is 12.2 Å². The smallest absolute Gasteiger partial charge is 0.330 e. The Morgan fingerprint density at radius 2 is 1.68 bits per heavy atom. The maximum Gasteiger partial charge on any atom is 0.330 e. The molecule has 0 saturated carbocycles. The number of hydrogen-bond donors (Lipinski definition) is 1. The monoisotopic (exact) mass is 428 g/mol. The van der Waals surface area contributed by atoms with Crippen LogP contribution in [-0.2, 0) is 32.1 Å². The zero-order chi connectivity index (χ0) is 23.2. The van der Waals surface area contributed by atoms with Crippen molar-refractivity contribution in [3.05, 3.63) is 60.2 Å². The van der Waals surface area contributed by atoms with Crippen LogP contribution in [0.1, 0.15) is 57.6 Å². The zero-order valence-corrected chi connectivity index (χ0v) is 19.0. The Balaban J connectivity index is 2.44. The normalized spacial score (nSPS) is 13.2. The molecule has 2 atom stereocenters. The molecule has 0 aliphatic carbocycles. The number of ketones is 2. The number of Topliss-reactive ketones (excluding diaryl/α,β-unsaturated/α-hetero) is 2. The van der Waals surface area contributed by atoms with Crippen molar-refractivity contribution in [3.63, 3.8) is 0 Å². The van der Waals surface area contributed by atoms with E-state index in [0.29, 0.717) is 19.3 Å².